The largest absolute Gasteiger partial charge is 0.462 e. The molecule has 0 rings (SSSR count). The second kappa shape index (κ2) is 35.0. The molecule has 0 unspecified atom stereocenters. The van der Waals surface area contributed by atoms with Crippen molar-refractivity contribution in [3.05, 3.63) is 36.5 Å². The fourth-order valence-corrected chi connectivity index (χ4v) is 5.47. The Labute approximate surface area is 280 Å². The summed E-state index contributed by atoms with van der Waals surface area (Å²) in [5.74, 6) is -0.356. The first-order valence-corrected chi connectivity index (χ1v) is 19.3. The van der Waals surface area contributed by atoms with Crippen LogP contribution in [0.2, 0.25) is 0 Å². The minimum absolute atomic E-state index is 0.152. The highest BCUT2D eigenvalue weighted by Crippen LogP contribution is 2.15. The van der Waals surface area contributed by atoms with Crippen molar-refractivity contribution < 1.29 is 19.1 Å². The maximum atomic E-state index is 12.5. The monoisotopic (exact) mass is 631 g/mol. The van der Waals surface area contributed by atoms with Gasteiger partial charge in [0.2, 0.25) is 0 Å². The molecule has 0 fully saturated rings. The Morgan fingerprint density at radius 2 is 0.956 bits per heavy atom. The lowest BCUT2D eigenvalue weighted by Gasteiger charge is -2.18. The molecule has 0 N–H and O–H groups in total. The number of ether oxygens (including phenoxy) is 2. The van der Waals surface area contributed by atoms with Gasteiger partial charge in [0.1, 0.15) is 12.7 Å². The topological polar surface area (TPSA) is 52.6 Å². The van der Waals surface area contributed by atoms with E-state index >= 15 is 0 Å². The Balaban J connectivity index is 3.88. The molecule has 0 saturated carbocycles. The molecule has 0 aromatic heterocycles. The Hall–Kier alpha value is -1.84. The summed E-state index contributed by atoms with van der Waals surface area (Å²) >= 11 is 0. The van der Waals surface area contributed by atoms with E-state index in [2.05, 4.69) is 44.7 Å². The van der Waals surface area contributed by atoms with Gasteiger partial charge in [-0.3, -0.25) is 9.59 Å². The number of carbonyl (C=O) groups is 2. The van der Waals surface area contributed by atoms with Gasteiger partial charge in [-0.2, -0.15) is 0 Å². The lowest BCUT2D eigenvalue weighted by molar-refractivity contribution is -0.159. The SMILES string of the molecule is C=C(C)CC[C@@H](COC(=O)CCCCCCCCCCCCCCC)OC(=O)CCCCCCCC/C=C/C=C\CCCCC. The van der Waals surface area contributed by atoms with Gasteiger partial charge < -0.3 is 9.47 Å². The number of hydrogen-bond donors (Lipinski definition) is 0. The van der Waals surface area contributed by atoms with Crippen LogP contribution in [0.25, 0.3) is 0 Å². The van der Waals surface area contributed by atoms with Gasteiger partial charge >= 0.3 is 11.9 Å². The van der Waals surface area contributed by atoms with Crippen molar-refractivity contribution in [1.29, 1.82) is 0 Å². The highest BCUT2D eigenvalue weighted by Gasteiger charge is 2.17. The molecule has 262 valence electrons. The summed E-state index contributed by atoms with van der Waals surface area (Å²) in [7, 11) is 0. The van der Waals surface area contributed by atoms with E-state index in [1.807, 2.05) is 6.92 Å². The molecular formula is C41H74O4. The Kier molecular flexibility index (Phi) is 33.6. The molecule has 4 heteroatoms. The summed E-state index contributed by atoms with van der Waals surface area (Å²) in [5, 5.41) is 0. The van der Waals surface area contributed by atoms with E-state index < -0.39 is 0 Å². The van der Waals surface area contributed by atoms with Crippen LogP contribution in [-0.4, -0.2) is 24.6 Å². The molecule has 0 aliphatic rings. The minimum Gasteiger partial charge on any atom is -0.462 e. The highest BCUT2D eigenvalue weighted by molar-refractivity contribution is 5.70. The third-order valence-electron chi connectivity index (χ3n) is 8.47. The molecule has 0 bridgehead atoms. The van der Waals surface area contributed by atoms with Crippen molar-refractivity contribution in [2.75, 3.05) is 6.61 Å². The van der Waals surface area contributed by atoms with Gasteiger partial charge in [-0.25, -0.2) is 0 Å². The summed E-state index contributed by atoms with van der Waals surface area (Å²) in [6, 6.07) is 0. The first-order valence-electron chi connectivity index (χ1n) is 19.3. The van der Waals surface area contributed by atoms with Gasteiger partial charge in [0.15, 0.2) is 0 Å². The van der Waals surface area contributed by atoms with Crippen molar-refractivity contribution in [2.45, 2.75) is 207 Å². The van der Waals surface area contributed by atoms with Crippen molar-refractivity contribution in [3.63, 3.8) is 0 Å². The van der Waals surface area contributed by atoms with Crippen LogP contribution < -0.4 is 0 Å². The molecule has 45 heavy (non-hydrogen) atoms. The maximum Gasteiger partial charge on any atom is 0.306 e. The van der Waals surface area contributed by atoms with Crippen molar-refractivity contribution in [1.82, 2.24) is 0 Å². The molecule has 0 aromatic rings. The van der Waals surface area contributed by atoms with Crippen LogP contribution >= 0.6 is 0 Å². The highest BCUT2D eigenvalue weighted by atomic mass is 16.6. The van der Waals surface area contributed by atoms with E-state index in [0.29, 0.717) is 19.3 Å². The molecule has 0 aliphatic heterocycles. The van der Waals surface area contributed by atoms with E-state index in [1.165, 1.54) is 116 Å². The maximum absolute atomic E-state index is 12.5. The molecule has 0 radical (unpaired) electrons. The summed E-state index contributed by atoms with van der Waals surface area (Å²) in [4.78, 5) is 24.8. The third kappa shape index (κ3) is 34.9. The zero-order valence-electron chi connectivity index (χ0n) is 30.2. The number of rotatable bonds is 34. The second-order valence-corrected chi connectivity index (χ2v) is 13.3. The van der Waals surface area contributed by atoms with Gasteiger partial charge in [0.25, 0.3) is 0 Å². The summed E-state index contributed by atoms with van der Waals surface area (Å²) in [6.45, 7) is 10.6. The average molecular weight is 631 g/mol. The fourth-order valence-electron chi connectivity index (χ4n) is 5.47. The molecule has 4 nitrogen and oxygen atoms in total. The zero-order chi connectivity index (χ0) is 33.1. The first-order chi connectivity index (χ1) is 22.0. The van der Waals surface area contributed by atoms with Crippen molar-refractivity contribution >= 4 is 11.9 Å². The summed E-state index contributed by atoms with van der Waals surface area (Å²) < 4.78 is 11.2. The zero-order valence-corrected chi connectivity index (χ0v) is 30.2. The molecule has 0 spiro atoms. The van der Waals surface area contributed by atoms with Crippen LogP contribution in [0.1, 0.15) is 201 Å². The van der Waals surface area contributed by atoms with Gasteiger partial charge in [-0.15, -0.1) is 6.58 Å². The van der Waals surface area contributed by atoms with E-state index in [1.54, 1.807) is 0 Å². The fraction of sp³-hybridized carbons (Fsp3) is 0.805. The Morgan fingerprint density at radius 1 is 0.556 bits per heavy atom. The van der Waals surface area contributed by atoms with Crippen LogP contribution in [-0.2, 0) is 19.1 Å². The van der Waals surface area contributed by atoms with Crippen LogP contribution in [0.15, 0.2) is 36.5 Å². The number of esters is 2. The first kappa shape index (κ1) is 43.2. The van der Waals surface area contributed by atoms with E-state index in [-0.39, 0.29) is 24.6 Å². The normalized spacial score (nSPS) is 12.2. The average Bonchev–Trinajstić information content (AvgIpc) is 3.02. The summed E-state index contributed by atoms with van der Waals surface area (Å²) in [5.41, 5.74) is 1.05. The van der Waals surface area contributed by atoms with Gasteiger partial charge in [0.05, 0.1) is 0 Å². The van der Waals surface area contributed by atoms with E-state index in [9.17, 15) is 9.59 Å². The predicted molar refractivity (Wildman–Crippen MR) is 195 cm³/mol. The molecule has 0 aromatic carbocycles. The molecule has 1 atom stereocenters. The van der Waals surface area contributed by atoms with Crippen LogP contribution in [0.3, 0.4) is 0 Å². The smallest absolute Gasteiger partial charge is 0.306 e. The van der Waals surface area contributed by atoms with E-state index in [0.717, 1.165) is 50.5 Å². The van der Waals surface area contributed by atoms with Gasteiger partial charge in [-0.05, 0) is 58.3 Å². The van der Waals surface area contributed by atoms with Gasteiger partial charge in [0, 0.05) is 12.8 Å². The quantitative estimate of drug-likeness (QED) is 0.0307. The van der Waals surface area contributed by atoms with Gasteiger partial charge in [-0.1, -0.05) is 159 Å². The number of unbranched alkanes of at least 4 members (excludes halogenated alkanes) is 21. The summed E-state index contributed by atoms with van der Waals surface area (Å²) in [6.07, 6.45) is 40.5. The van der Waals surface area contributed by atoms with Crippen LogP contribution in [0.4, 0.5) is 0 Å². The predicted octanol–water partition coefficient (Wildman–Crippen LogP) is 13.1. The molecule has 0 amide bonds. The Bertz CT molecular complexity index is 738. The van der Waals surface area contributed by atoms with Crippen molar-refractivity contribution in [3.8, 4) is 0 Å². The number of carbonyl (C=O) groups excluding carboxylic acids is 2. The minimum atomic E-state index is -0.385. The second-order valence-electron chi connectivity index (χ2n) is 13.3. The lowest BCUT2D eigenvalue weighted by atomic mass is 10.0. The third-order valence-corrected chi connectivity index (χ3v) is 8.47. The molecule has 0 saturated heterocycles. The molecular weight excluding hydrogens is 556 g/mol. The van der Waals surface area contributed by atoms with Crippen molar-refractivity contribution in [2.24, 2.45) is 0 Å². The van der Waals surface area contributed by atoms with Crippen LogP contribution in [0, 0.1) is 0 Å². The van der Waals surface area contributed by atoms with Crippen LogP contribution in [0.5, 0.6) is 0 Å². The number of allylic oxidation sites excluding steroid dienone is 5. The lowest BCUT2D eigenvalue weighted by Crippen LogP contribution is -2.25. The number of hydrogen-bond acceptors (Lipinski definition) is 4. The molecule has 0 heterocycles. The standard InChI is InChI=1S/C41H74O4/c1-5-7-9-11-13-15-17-19-20-22-24-26-28-30-32-34-41(43)45-39(36-35-38(3)4)37-44-40(42)33-31-29-27-25-23-21-18-16-14-12-10-8-6-2/h13,15,17,19,39H,3,5-12,14,16,18,20-37H2,1-2,4H3/b15-13-,19-17+/t39-/m0/s1. The Morgan fingerprint density at radius 3 is 1.44 bits per heavy atom. The van der Waals surface area contributed by atoms with E-state index in [4.69, 9.17) is 9.47 Å². The molecule has 0 aliphatic carbocycles.